The molecule has 7 heteroatoms. The lowest BCUT2D eigenvalue weighted by atomic mass is 10.1. The van der Waals surface area contributed by atoms with Gasteiger partial charge in [-0.2, -0.15) is 0 Å². The van der Waals surface area contributed by atoms with Crippen molar-refractivity contribution < 1.29 is 9.47 Å². The molecule has 6 rings (SSSR count). The maximum absolute atomic E-state index is 13.1. The van der Waals surface area contributed by atoms with Gasteiger partial charge in [0.15, 0.2) is 0 Å². The largest absolute Gasteiger partial charge is 0.492 e. The predicted molar refractivity (Wildman–Crippen MR) is 166 cm³/mol. The molecule has 42 heavy (non-hydrogen) atoms. The zero-order valence-electron chi connectivity index (χ0n) is 23.6. The van der Waals surface area contributed by atoms with E-state index in [9.17, 15) is 4.79 Å². The van der Waals surface area contributed by atoms with Gasteiger partial charge in [-0.15, -0.1) is 0 Å². The molecule has 0 radical (unpaired) electrons. The van der Waals surface area contributed by atoms with Crippen LogP contribution in [-0.2, 0) is 6.54 Å². The number of para-hydroxylation sites is 1. The number of nitrogens with zero attached hydrogens (tertiary/aromatic N) is 3. The van der Waals surface area contributed by atoms with Crippen molar-refractivity contribution in [1.29, 1.82) is 0 Å². The number of hydrogen-bond donors (Lipinski definition) is 1. The van der Waals surface area contributed by atoms with Crippen molar-refractivity contribution in [3.8, 4) is 28.6 Å². The van der Waals surface area contributed by atoms with E-state index in [-0.39, 0.29) is 5.69 Å². The van der Waals surface area contributed by atoms with Crippen LogP contribution in [0.15, 0.2) is 126 Å². The van der Waals surface area contributed by atoms with Crippen molar-refractivity contribution >= 4 is 0 Å². The fourth-order valence-corrected chi connectivity index (χ4v) is 5.38. The van der Waals surface area contributed by atoms with Crippen molar-refractivity contribution in [3.05, 3.63) is 138 Å². The lowest BCUT2D eigenvalue weighted by molar-refractivity contribution is 0.298. The first-order chi connectivity index (χ1) is 20.7. The molecule has 1 aliphatic rings. The Kier molecular flexibility index (Phi) is 8.78. The molecule has 4 aromatic carbocycles. The number of likely N-dealkylation sites (tertiary alicyclic amines) is 1. The van der Waals surface area contributed by atoms with Crippen LogP contribution in [0.25, 0.3) is 11.4 Å². The summed E-state index contributed by atoms with van der Waals surface area (Å²) in [5.74, 6) is 2.95. The third-order valence-corrected chi connectivity index (χ3v) is 7.59. The third kappa shape index (κ3) is 7.00. The van der Waals surface area contributed by atoms with Crippen LogP contribution < -0.4 is 20.5 Å². The molecular weight excluding hydrogens is 524 g/mol. The molecule has 1 unspecified atom stereocenters. The summed E-state index contributed by atoms with van der Waals surface area (Å²) in [4.78, 5) is 15.7. The highest BCUT2D eigenvalue weighted by Gasteiger charge is 2.21. The summed E-state index contributed by atoms with van der Waals surface area (Å²) in [6.45, 7) is 5.74. The van der Waals surface area contributed by atoms with E-state index < -0.39 is 0 Å². The first kappa shape index (κ1) is 27.6. The number of hydrogen-bond acceptors (Lipinski definition) is 5. The van der Waals surface area contributed by atoms with Crippen molar-refractivity contribution in [1.82, 2.24) is 19.4 Å². The minimum Gasteiger partial charge on any atom is -0.492 e. The maximum atomic E-state index is 13.1. The summed E-state index contributed by atoms with van der Waals surface area (Å²) >= 11 is 0. The van der Waals surface area contributed by atoms with E-state index in [0.29, 0.717) is 18.3 Å². The van der Waals surface area contributed by atoms with Crippen LogP contribution in [0.2, 0.25) is 0 Å². The standard InChI is InChI=1S/C35H36N4O3/c40-35-38(22-23-39(35)31-13-17-34(18-14-31)42-33-9-5-2-6-10-33)30-11-15-32(16-12-30)41-24-20-36-25-29-19-21-37(27-29)26-28-7-3-1-4-8-28/h1-18,22-23,29,36H,19-21,24-27H2. The van der Waals surface area contributed by atoms with Crippen LogP contribution in [0, 0.1) is 5.92 Å². The van der Waals surface area contributed by atoms with Crippen molar-refractivity contribution in [2.45, 2.75) is 13.0 Å². The Morgan fingerprint density at radius 3 is 1.98 bits per heavy atom. The van der Waals surface area contributed by atoms with E-state index in [4.69, 9.17) is 9.47 Å². The van der Waals surface area contributed by atoms with Gasteiger partial charge in [0, 0.05) is 32.0 Å². The van der Waals surface area contributed by atoms with Gasteiger partial charge in [-0.05, 0) is 91.7 Å². The zero-order chi connectivity index (χ0) is 28.6. The van der Waals surface area contributed by atoms with Gasteiger partial charge >= 0.3 is 5.69 Å². The molecule has 1 saturated heterocycles. The van der Waals surface area contributed by atoms with E-state index in [1.807, 2.05) is 78.9 Å². The second kappa shape index (κ2) is 13.4. The third-order valence-electron chi connectivity index (χ3n) is 7.59. The molecule has 214 valence electrons. The van der Waals surface area contributed by atoms with Gasteiger partial charge in [0.2, 0.25) is 0 Å². The van der Waals surface area contributed by atoms with Gasteiger partial charge in [0.25, 0.3) is 0 Å². The number of benzene rings is 4. The van der Waals surface area contributed by atoms with Gasteiger partial charge in [-0.25, -0.2) is 4.79 Å². The van der Waals surface area contributed by atoms with Crippen LogP contribution in [0.1, 0.15) is 12.0 Å². The molecule has 0 saturated carbocycles. The van der Waals surface area contributed by atoms with Crippen LogP contribution in [0.5, 0.6) is 17.2 Å². The summed E-state index contributed by atoms with van der Waals surface area (Å²) in [7, 11) is 0. The van der Waals surface area contributed by atoms with Crippen molar-refractivity contribution in [3.63, 3.8) is 0 Å². The average molecular weight is 561 g/mol. The van der Waals surface area contributed by atoms with E-state index in [1.54, 1.807) is 21.5 Å². The fraction of sp³-hybridized carbons (Fsp3) is 0.229. The Hall–Kier alpha value is -4.59. The highest BCUT2D eigenvalue weighted by atomic mass is 16.5. The number of ether oxygens (including phenoxy) is 2. The summed E-state index contributed by atoms with van der Waals surface area (Å²) in [5, 5.41) is 3.55. The van der Waals surface area contributed by atoms with E-state index in [0.717, 1.165) is 55.6 Å². The minimum atomic E-state index is -0.140. The normalized spacial score (nSPS) is 15.1. The molecular formula is C35H36N4O3. The summed E-state index contributed by atoms with van der Waals surface area (Å²) in [6.07, 6.45) is 4.79. The Morgan fingerprint density at radius 2 is 1.31 bits per heavy atom. The molecule has 1 atom stereocenters. The molecule has 1 aliphatic heterocycles. The van der Waals surface area contributed by atoms with Crippen LogP contribution in [0.4, 0.5) is 0 Å². The van der Waals surface area contributed by atoms with Gasteiger partial charge in [-0.1, -0.05) is 48.5 Å². The zero-order valence-corrected chi connectivity index (χ0v) is 23.6. The van der Waals surface area contributed by atoms with Gasteiger partial charge < -0.3 is 14.8 Å². The molecule has 0 amide bonds. The number of aromatic nitrogens is 2. The molecule has 7 nitrogen and oxygen atoms in total. The molecule has 1 N–H and O–H groups in total. The Balaban J connectivity index is 0.951. The molecule has 0 spiro atoms. The number of imidazole rings is 1. The predicted octanol–water partition coefficient (Wildman–Crippen LogP) is 5.91. The molecule has 0 bridgehead atoms. The van der Waals surface area contributed by atoms with Crippen molar-refractivity contribution in [2.75, 3.05) is 32.8 Å². The number of rotatable bonds is 12. The minimum absolute atomic E-state index is 0.140. The molecule has 2 heterocycles. The molecule has 1 aromatic heterocycles. The van der Waals surface area contributed by atoms with Crippen LogP contribution >= 0.6 is 0 Å². The van der Waals surface area contributed by atoms with Crippen molar-refractivity contribution in [2.24, 2.45) is 5.92 Å². The lowest BCUT2D eigenvalue weighted by Crippen LogP contribution is -2.29. The van der Waals surface area contributed by atoms with E-state index >= 15 is 0 Å². The second-order valence-electron chi connectivity index (χ2n) is 10.7. The molecule has 1 fully saturated rings. The quantitative estimate of drug-likeness (QED) is 0.192. The Labute approximate surface area is 246 Å². The smallest absolute Gasteiger partial charge is 0.337 e. The van der Waals surface area contributed by atoms with Gasteiger partial charge in [0.05, 0.1) is 11.4 Å². The lowest BCUT2D eigenvalue weighted by Gasteiger charge is -2.16. The summed E-state index contributed by atoms with van der Waals surface area (Å²) in [5.41, 5.74) is 2.80. The monoisotopic (exact) mass is 560 g/mol. The Morgan fingerprint density at radius 1 is 0.714 bits per heavy atom. The summed E-state index contributed by atoms with van der Waals surface area (Å²) in [6, 6.07) is 35.4. The first-order valence-electron chi connectivity index (χ1n) is 14.5. The highest BCUT2D eigenvalue weighted by molar-refractivity contribution is 5.41. The summed E-state index contributed by atoms with van der Waals surface area (Å²) < 4.78 is 15.1. The van der Waals surface area contributed by atoms with Gasteiger partial charge in [-0.3, -0.25) is 14.0 Å². The topological polar surface area (TPSA) is 60.7 Å². The highest BCUT2D eigenvalue weighted by Crippen LogP contribution is 2.22. The molecule has 5 aromatic rings. The SMILES string of the molecule is O=c1n(-c2ccc(OCCNCC3CCN(Cc4ccccc4)C3)cc2)ccn1-c1ccc(Oc2ccccc2)cc1. The second-order valence-corrected chi connectivity index (χ2v) is 10.7. The molecule has 0 aliphatic carbocycles. The fourth-order valence-electron chi connectivity index (χ4n) is 5.38. The van der Waals surface area contributed by atoms with Gasteiger partial charge in [0.1, 0.15) is 23.9 Å². The van der Waals surface area contributed by atoms with E-state index in [2.05, 4.69) is 40.5 Å². The first-order valence-corrected chi connectivity index (χ1v) is 14.5. The van der Waals surface area contributed by atoms with Crippen LogP contribution in [0.3, 0.4) is 0 Å². The maximum Gasteiger partial charge on any atom is 0.337 e. The van der Waals surface area contributed by atoms with E-state index in [1.165, 1.54) is 12.0 Å². The Bertz CT molecular complexity index is 1600. The average Bonchev–Trinajstić information content (AvgIpc) is 3.65. The number of nitrogens with one attached hydrogen (secondary N) is 1. The van der Waals surface area contributed by atoms with Crippen LogP contribution in [-0.4, -0.2) is 46.8 Å².